The average molecular weight is 364 g/mol. The lowest BCUT2D eigenvalue weighted by molar-refractivity contribution is -0.134. The highest BCUT2D eigenvalue weighted by Crippen LogP contribution is 2.28. The Kier molecular flexibility index (Phi) is 5.94. The van der Waals surface area contributed by atoms with Crippen molar-refractivity contribution >= 4 is 11.9 Å². The summed E-state index contributed by atoms with van der Waals surface area (Å²) in [7, 11) is 0. The molecule has 5 heteroatoms. The van der Waals surface area contributed by atoms with Crippen molar-refractivity contribution in [3.8, 4) is 11.5 Å². The number of para-hydroxylation sites is 2. The number of aryl methyl sites for hydroxylation is 1. The molecular weight excluding hydrogens is 347 g/mol. The van der Waals surface area contributed by atoms with E-state index in [1.807, 2.05) is 30.3 Å². The molecule has 0 aliphatic rings. The number of ether oxygens (including phenoxy) is 2. The van der Waals surface area contributed by atoms with E-state index in [1.54, 1.807) is 12.1 Å². The summed E-state index contributed by atoms with van der Waals surface area (Å²) < 4.78 is 24.3. The third kappa shape index (κ3) is 5.01. The maximum atomic E-state index is 13.7. The number of carbonyl (C=O) groups excluding carboxylic acids is 2. The Morgan fingerprint density at radius 3 is 2.04 bits per heavy atom. The van der Waals surface area contributed by atoms with Gasteiger partial charge in [0.1, 0.15) is 5.82 Å². The number of hydrogen-bond donors (Lipinski definition) is 0. The van der Waals surface area contributed by atoms with Crippen LogP contribution in [0.5, 0.6) is 11.5 Å². The van der Waals surface area contributed by atoms with Crippen molar-refractivity contribution in [3.63, 3.8) is 0 Å². The third-order valence-electron chi connectivity index (χ3n) is 3.83. The van der Waals surface area contributed by atoms with E-state index in [1.165, 1.54) is 36.4 Å². The number of rotatable bonds is 6. The van der Waals surface area contributed by atoms with E-state index in [0.29, 0.717) is 6.42 Å². The molecule has 0 saturated heterocycles. The van der Waals surface area contributed by atoms with Crippen LogP contribution in [-0.4, -0.2) is 11.9 Å². The van der Waals surface area contributed by atoms with E-state index in [0.717, 1.165) is 5.56 Å². The van der Waals surface area contributed by atoms with E-state index in [2.05, 4.69) is 0 Å². The Morgan fingerprint density at radius 2 is 1.33 bits per heavy atom. The fraction of sp³-hybridized carbons (Fsp3) is 0.0909. The summed E-state index contributed by atoms with van der Waals surface area (Å²) in [5.41, 5.74) is 0.830. The maximum Gasteiger partial charge on any atom is 0.346 e. The molecule has 0 spiro atoms. The normalized spacial score (nSPS) is 10.3. The molecular formula is C22H17FO4. The molecule has 3 aromatic rings. The molecule has 0 fully saturated rings. The minimum atomic E-state index is -0.860. The lowest BCUT2D eigenvalue weighted by Gasteiger charge is -2.10. The van der Waals surface area contributed by atoms with Crippen LogP contribution in [0.3, 0.4) is 0 Å². The van der Waals surface area contributed by atoms with Crippen LogP contribution < -0.4 is 9.47 Å². The fourth-order valence-corrected chi connectivity index (χ4v) is 2.47. The summed E-state index contributed by atoms with van der Waals surface area (Å²) in [6.07, 6.45) is 0.719. The second kappa shape index (κ2) is 8.76. The van der Waals surface area contributed by atoms with Crippen LogP contribution in [0.1, 0.15) is 22.3 Å². The molecule has 0 aromatic heterocycles. The highest BCUT2D eigenvalue weighted by molar-refractivity contribution is 5.91. The van der Waals surface area contributed by atoms with Gasteiger partial charge in [-0.2, -0.15) is 0 Å². The molecule has 4 nitrogen and oxygen atoms in total. The van der Waals surface area contributed by atoms with Gasteiger partial charge in [-0.3, -0.25) is 4.79 Å². The molecule has 3 rings (SSSR count). The summed E-state index contributed by atoms with van der Waals surface area (Å²) >= 11 is 0. The van der Waals surface area contributed by atoms with Crippen molar-refractivity contribution in [3.05, 3.63) is 95.8 Å². The molecule has 0 amide bonds. The molecule has 0 heterocycles. The predicted octanol–water partition coefficient (Wildman–Crippen LogP) is 4.58. The number of halogens is 1. The lowest BCUT2D eigenvalue weighted by atomic mass is 10.1. The van der Waals surface area contributed by atoms with Gasteiger partial charge in [-0.15, -0.1) is 0 Å². The monoisotopic (exact) mass is 364 g/mol. The predicted molar refractivity (Wildman–Crippen MR) is 98.2 cm³/mol. The van der Waals surface area contributed by atoms with Crippen molar-refractivity contribution in [2.24, 2.45) is 0 Å². The summed E-state index contributed by atoms with van der Waals surface area (Å²) in [5, 5.41) is 0. The highest BCUT2D eigenvalue weighted by Gasteiger charge is 2.17. The van der Waals surface area contributed by atoms with Crippen LogP contribution in [0, 0.1) is 5.82 Å². The van der Waals surface area contributed by atoms with Gasteiger partial charge in [-0.1, -0.05) is 54.6 Å². The number of carbonyl (C=O) groups is 2. The zero-order valence-electron chi connectivity index (χ0n) is 14.4. The fourth-order valence-electron chi connectivity index (χ4n) is 2.47. The number of benzene rings is 3. The first-order valence-electron chi connectivity index (χ1n) is 8.44. The Balaban J connectivity index is 1.66. The second-order valence-electron chi connectivity index (χ2n) is 5.78. The minimum absolute atomic E-state index is 0.0545. The molecule has 0 bridgehead atoms. The minimum Gasteiger partial charge on any atom is -0.423 e. The molecule has 27 heavy (non-hydrogen) atoms. The topological polar surface area (TPSA) is 52.6 Å². The molecule has 0 unspecified atom stereocenters. The Bertz CT molecular complexity index is 938. The number of hydrogen-bond acceptors (Lipinski definition) is 4. The van der Waals surface area contributed by atoms with E-state index in [-0.39, 0.29) is 23.5 Å². The summed E-state index contributed by atoms with van der Waals surface area (Å²) in [4.78, 5) is 24.3. The molecule has 0 atom stereocenters. The first-order valence-corrected chi connectivity index (χ1v) is 8.44. The average Bonchev–Trinajstić information content (AvgIpc) is 2.69. The van der Waals surface area contributed by atoms with Crippen LogP contribution in [0.4, 0.5) is 4.39 Å². The van der Waals surface area contributed by atoms with Crippen LogP contribution in [0.15, 0.2) is 78.9 Å². The Labute approximate surface area is 156 Å². The lowest BCUT2D eigenvalue weighted by Crippen LogP contribution is -2.13. The number of esters is 2. The first kappa shape index (κ1) is 18.3. The van der Waals surface area contributed by atoms with E-state index < -0.39 is 17.8 Å². The summed E-state index contributed by atoms with van der Waals surface area (Å²) in [6.45, 7) is 0. The molecule has 0 aliphatic carbocycles. The van der Waals surface area contributed by atoms with Gasteiger partial charge in [0.25, 0.3) is 0 Å². The van der Waals surface area contributed by atoms with Crippen molar-refractivity contribution in [2.45, 2.75) is 12.8 Å². The SMILES string of the molecule is O=C(CCc1ccccc1)Oc1ccccc1OC(=O)c1ccccc1F. The Morgan fingerprint density at radius 1 is 0.741 bits per heavy atom. The van der Waals surface area contributed by atoms with Crippen molar-refractivity contribution in [2.75, 3.05) is 0 Å². The molecule has 0 saturated carbocycles. The van der Waals surface area contributed by atoms with Crippen LogP contribution in [0.2, 0.25) is 0 Å². The van der Waals surface area contributed by atoms with E-state index >= 15 is 0 Å². The Hall–Kier alpha value is -3.47. The molecule has 3 aromatic carbocycles. The van der Waals surface area contributed by atoms with Gasteiger partial charge in [-0.25, -0.2) is 9.18 Å². The molecule has 0 aliphatic heterocycles. The smallest absolute Gasteiger partial charge is 0.346 e. The third-order valence-corrected chi connectivity index (χ3v) is 3.83. The van der Waals surface area contributed by atoms with Gasteiger partial charge < -0.3 is 9.47 Å². The van der Waals surface area contributed by atoms with Crippen LogP contribution in [0.25, 0.3) is 0 Å². The molecule has 0 radical (unpaired) electrons. The van der Waals surface area contributed by atoms with Crippen LogP contribution in [-0.2, 0) is 11.2 Å². The zero-order chi connectivity index (χ0) is 19.1. The highest BCUT2D eigenvalue weighted by atomic mass is 19.1. The first-order chi connectivity index (χ1) is 13.1. The standard InChI is InChI=1S/C22H17FO4/c23-18-11-5-4-10-17(18)22(25)27-20-13-7-6-12-19(20)26-21(24)15-14-16-8-2-1-3-9-16/h1-13H,14-15H2. The quantitative estimate of drug-likeness (QED) is 0.474. The van der Waals surface area contributed by atoms with Crippen molar-refractivity contribution in [1.82, 2.24) is 0 Å². The van der Waals surface area contributed by atoms with Crippen LogP contribution >= 0.6 is 0 Å². The maximum absolute atomic E-state index is 13.7. The van der Waals surface area contributed by atoms with Crippen molar-refractivity contribution in [1.29, 1.82) is 0 Å². The van der Waals surface area contributed by atoms with Crippen molar-refractivity contribution < 1.29 is 23.5 Å². The van der Waals surface area contributed by atoms with E-state index in [4.69, 9.17) is 9.47 Å². The summed E-state index contributed by atoms with van der Waals surface area (Å²) in [6, 6.07) is 21.4. The van der Waals surface area contributed by atoms with Gasteiger partial charge in [0.15, 0.2) is 11.5 Å². The largest absolute Gasteiger partial charge is 0.423 e. The molecule has 136 valence electrons. The van der Waals surface area contributed by atoms with Gasteiger partial charge in [0, 0.05) is 6.42 Å². The summed E-state index contributed by atoms with van der Waals surface area (Å²) in [5.74, 6) is -1.83. The van der Waals surface area contributed by atoms with Gasteiger partial charge >= 0.3 is 11.9 Å². The van der Waals surface area contributed by atoms with E-state index in [9.17, 15) is 14.0 Å². The zero-order valence-corrected chi connectivity index (χ0v) is 14.4. The van der Waals surface area contributed by atoms with Gasteiger partial charge in [0.2, 0.25) is 0 Å². The van der Waals surface area contributed by atoms with Gasteiger partial charge in [-0.05, 0) is 36.2 Å². The molecule has 0 N–H and O–H groups in total. The second-order valence-corrected chi connectivity index (χ2v) is 5.78. The van der Waals surface area contributed by atoms with Gasteiger partial charge in [0.05, 0.1) is 5.56 Å².